The van der Waals surface area contributed by atoms with Gasteiger partial charge in [0, 0.05) is 13.1 Å². The summed E-state index contributed by atoms with van der Waals surface area (Å²) >= 11 is 0. The molecule has 6 nitrogen and oxygen atoms in total. The third kappa shape index (κ3) is 2.43. The van der Waals surface area contributed by atoms with E-state index in [0.29, 0.717) is 26.3 Å². The van der Waals surface area contributed by atoms with Gasteiger partial charge >= 0.3 is 5.97 Å². The maximum atomic E-state index is 11.4. The standard InChI is InChI=1S/C8H13NO5/c1-13-8(12)6(10)7(11)9-2-4-14-5-3-9/h6,10H,2-5H2,1H3. The first-order chi connectivity index (χ1) is 6.66. The number of hydrogen-bond acceptors (Lipinski definition) is 5. The summed E-state index contributed by atoms with van der Waals surface area (Å²) in [5.74, 6) is -1.55. The summed E-state index contributed by atoms with van der Waals surface area (Å²) in [6.45, 7) is 1.65. The third-order valence-corrected chi connectivity index (χ3v) is 1.98. The van der Waals surface area contributed by atoms with Crippen LogP contribution in [-0.2, 0) is 19.1 Å². The van der Waals surface area contributed by atoms with Crippen molar-refractivity contribution in [1.29, 1.82) is 0 Å². The molecule has 1 N–H and O–H groups in total. The topological polar surface area (TPSA) is 76.1 Å². The van der Waals surface area contributed by atoms with Crippen LogP contribution in [0.15, 0.2) is 0 Å². The number of esters is 1. The number of methoxy groups -OCH3 is 1. The van der Waals surface area contributed by atoms with Gasteiger partial charge in [-0.15, -0.1) is 0 Å². The number of amides is 1. The SMILES string of the molecule is COC(=O)C(O)C(=O)N1CCOCC1. The van der Waals surface area contributed by atoms with Crippen molar-refractivity contribution < 1.29 is 24.2 Å². The van der Waals surface area contributed by atoms with Crippen molar-refractivity contribution in [3.05, 3.63) is 0 Å². The Balaban J connectivity index is 2.50. The molecule has 1 amide bonds. The molecule has 1 aliphatic rings. The summed E-state index contributed by atoms with van der Waals surface area (Å²) in [4.78, 5) is 23.6. The molecule has 0 saturated carbocycles. The summed E-state index contributed by atoms with van der Waals surface area (Å²) in [5.41, 5.74) is 0. The molecule has 0 bridgehead atoms. The molecule has 1 atom stereocenters. The summed E-state index contributed by atoms with van der Waals surface area (Å²) in [6.07, 6.45) is -1.71. The minimum absolute atomic E-state index is 0.396. The second-order valence-electron chi connectivity index (χ2n) is 2.86. The van der Waals surface area contributed by atoms with E-state index in [1.165, 1.54) is 4.90 Å². The third-order valence-electron chi connectivity index (χ3n) is 1.98. The summed E-state index contributed by atoms with van der Waals surface area (Å²) in [5, 5.41) is 9.23. The van der Waals surface area contributed by atoms with Crippen molar-refractivity contribution in [2.45, 2.75) is 6.10 Å². The number of nitrogens with zero attached hydrogens (tertiary/aromatic N) is 1. The Hall–Kier alpha value is -1.14. The lowest BCUT2D eigenvalue weighted by molar-refractivity contribution is -0.161. The summed E-state index contributed by atoms with van der Waals surface area (Å²) in [7, 11) is 1.12. The Kier molecular flexibility index (Phi) is 3.84. The molecule has 80 valence electrons. The Morgan fingerprint density at radius 3 is 2.50 bits per heavy atom. The van der Waals surface area contributed by atoms with E-state index in [0.717, 1.165) is 7.11 Å². The average Bonchev–Trinajstić information content (AvgIpc) is 2.27. The van der Waals surface area contributed by atoms with Crippen molar-refractivity contribution in [1.82, 2.24) is 4.90 Å². The van der Waals surface area contributed by atoms with Gasteiger partial charge in [0.2, 0.25) is 6.10 Å². The van der Waals surface area contributed by atoms with Crippen LogP contribution >= 0.6 is 0 Å². The van der Waals surface area contributed by atoms with E-state index in [4.69, 9.17) is 4.74 Å². The largest absolute Gasteiger partial charge is 0.467 e. The number of hydrogen-bond donors (Lipinski definition) is 1. The highest BCUT2D eigenvalue weighted by Crippen LogP contribution is 2.01. The highest BCUT2D eigenvalue weighted by atomic mass is 16.5. The first-order valence-electron chi connectivity index (χ1n) is 4.29. The van der Waals surface area contributed by atoms with Crippen LogP contribution < -0.4 is 0 Å². The molecule has 1 fully saturated rings. The fourth-order valence-electron chi connectivity index (χ4n) is 1.17. The monoisotopic (exact) mass is 203 g/mol. The van der Waals surface area contributed by atoms with Crippen LogP contribution in [0.25, 0.3) is 0 Å². The summed E-state index contributed by atoms with van der Waals surface area (Å²) < 4.78 is 9.28. The number of carbonyl (C=O) groups is 2. The van der Waals surface area contributed by atoms with Crippen LogP contribution in [-0.4, -0.2) is 61.4 Å². The zero-order chi connectivity index (χ0) is 10.6. The number of aliphatic hydroxyl groups is 1. The fourth-order valence-corrected chi connectivity index (χ4v) is 1.17. The molecule has 0 aromatic carbocycles. The van der Waals surface area contributed by atoms with Crippen LogP contribution in [0.3, 0.4) is 0 Å². The predicted molar refractivity (Wildman–Crippen MR) is 45.4 cm³/mol. The molecule has 14 heavy (non-hydrogen) atoms. The zero-order valence-electron chi connectivity index (χ0n) is 7.93. The maximum Gasteiger partial charge on any atom is 0.344 e. The van der Waals surface area contributed by atoms with E-state index in [-0.39, 0.29) is 0 Å². The smallest absolute Gasteiger partial charge is 0.344 e. The van der Waals surface area contributed by atoms with E-state index in [9.17, 15) is 14.7 Å². The first-order valence-corrected chi connectivity index (χ1v) is 4.29. The fraction of sp³-hybridized carbons (Fsp3) is 0.750. The van der Waals surface area contributed by atoms with Crippen molar-refractivity contribution in [2.75, 3.05) is 33.4 Å². The number of rotatable bonds is 2. The van der Waals surface area contributed by atoms with Crippen LogP contribution in [0.2, 0.25) is 0 Å². The van der Waals surface area contributed by atoms with Crippen molar-refractivity contribution in [2.24, 2.45) is 0 Å². The van der Waals surface area contributed by atoms with E-state index in [1.807, 2.05) is 0 Å². The lowest BCUT2D eigenvalue weighted by Crippen LogP contribution is -2.48. The molecule has 1 heterocycles. The molecule has 1 saturated heterocycles. The van der Waals surface area contributed by atoms with Gasteiger partial charge in [0.05, 0.1) is 20.3 Å². The van der Waals surface area contributed by atoms with E-state index in [2.05, 4.69) is 4.74 Å². The molecular formula is C8H13NO5. The second-order valence-corrected chi connectivity index (χ2v) is 2.86. The Morgan fingerprint density at radius 2 is 2.00 bits per heavy atom. The predicted octanol–water partition coefficient (Wildman–Crippen LogP) is -1.62. The quantitative estimate of drug-likeness (QED) is 0.431. The number of ether oxygens (including phenoxy) is 2. The molecule has 0 spiro atoms. The van der Waals surface area contributed by atoms with Gasteiger partial charge < -0.3 is 19.5 Å². The van der Waals surface area contributed by atoms with Crippen molar-refractivity contribution >= 4 is 11.9 Å². The summed E-state index contributed by atoms with van der Waals surface area (Å²) in [6, 6.07) is 0. The zero-order valence-corrected chi connectivity index (χ0v) is 7.93. The van der Waals surface area contributed by atoms with E-state index in [1.54, 1.807) is 0 Å². The van der Waals surface area contributed by atoms with Crippen molar-refractivity contribution in [3.8, 4) is 0 Å². The van der Waals surface area contributed by atoms with Crippen molar-refractivity contribution in [3.63, 3.8) is 0 Å². The lowest BCUT2D eigenvalue weighted by Gasteiger charge is -2.27. The van der Waals surface area contributed by atoms with Gasteiger partial charge in [-0.25, -0.2) is 4.79 Å². The van der Waals surface area contributed by atoms with E-state index >= 15 is 0 Å². The molecular weight excluding hydrogens is 190 g/mol. The Bertz CT molecular complexity index is 224. The minimum atomic E-state index is -1.71. The highest BCUT2D eigenvalue weighted by molar-refractivity contribution is 6.00. The molecule has 1 aliphatic heterocycles. The van der Waals surface area contributed by atoms with Crippen LogP contribution in [0.4, 0.5) is 0 Å². The number of morpholine rings is 1. The second kappa shape index (κ2) is 4.92. The first kappa shape index (κ1) is 10.9. The minimum Gasteiger partial charge on any atom is -0.467 e. The Labute approximate surface area is 81.4 Å². The van der Waals surface area contributed by atoms with Gasteiger partial charge in [-0.2, -0.15) is 0 Å². The van der Waals surface area contributed by atoms with Gasteiger partial charge in [-0.05, 0) is 0 Å². The van der Waals surface area contributed by atoms with Gasteiger partial charge in [0.1, 0.15) is 0 Å². The molecule has 0 radical (unpaired) electrons. The van der Waals surface area contributed by atoms with Gasteiger partial charge in [-0.1, -0.05) is 0 Å². The maximum absolute atomic E-state index is 11.4. The number of carbonyl (C=O) groups excluding carboxylic acids is 2. The molecule has 1 rings (SSSR count). The van der Waals surface area contributed by atoms with Crippen LogP contribution in [0.5, 0.6) is 0 Å². The molecule has 0 aromatic rings. The Morgan fingerprint density at radius 1 is 1.43 bits per heavy atom. The average molecular weight is 203 g/mol. The van der Waals surface area contributed by atoms with Gasteiger partial charge in [0.25, 0.3) is 5.91 Å². The van der Waals surface area contributed by atoms with Crippen LogP contribution in [0.1, 0.15) is 0 Å². The van der Waals surface area contributed by atoms with Gasteiger partial charge in [-0.3, -0.25) is 4.79 Å². The highest BCUT2D eigenvalue weighted by Gasteiger charge is 2.30. The lowest BCUT2D eigenvalue weighted by atomic mass is 10.3. The number of aliphatic hydroxyl groups excluding tert-OH is 1. The molecule has 0 aliphatic carbocycles. The molecule has 1 unspecified atom stereocenters. The van der Waals surface area contributed by atoms with Crippen LogP contribution in [0, 0.1) is 0 Å². The molecule has 6 heteroatoms. The normalized spacial score (nSPS) is 18.9. The molecule has 0 aromatic heterocycles. The van der Waals surface area contributed by atoms with Gasteiger partial charge in [0.15, 0.2) is 0 Å². The van der Waals surface area contributed by atoms with E-state index < -0.39 is 18.0 Å².